The maximum Gasteiger partial charge on any atom is 0.204 e. The monoisotopic (exact) mass is 446 g/mol. The summed E-state index contributed by atoms with van der Waals surface area (Å²) in [6, 6.07) is 2.92. The molecule has 178 valence electrons. The van der Waals surface area contributed by atoms with Crippen molar-refractivity contribution in [2.45, 2.75) is 78.1 Å². The van der Waals surface area contributed by atoms with E-state index in [1.54, 1.807) is 6.92 Å². The molecule has 0 aliphatic heterocycles. The van der Waals surface area contributed by atoms with Crippen molar-refractivity contribution in [2.75, 3.05) is 13.2 Å². The Bertz CT molecular complexity index is 742. The predicted octanol–water partition coefficient (Wildman–Crippen LogP) is 8.27. The second-order valence-corrected chi connectivity index (χ2v) is 9.46. The van der Waals surface area contributed by atoms with Crippen molar-refractivity contribution < 1.29 is 18.3 Å². The van der Waals surface area contributed by atoms with E-state index in [1.807, 2.05) is 0 Å². The third-order valence-corrected chi connectivity index (χ3v) is 7.30. The molecule has 2 fully saturated rings. The summed E-state index contributed by atoms with van der Waals surface area (Å²) in [5.74, 6) is 0.908. The number of benzene rings is 1. The van der Waals surface area contributed by atoms with Crippen molar-refractivity contribution in [3.8, 4) is 11.5 Å². The van der Waals surface area contributed by atoms with Crippen molar-refractivity contribution in [1.82, 2.24) is 0 Å². The number of hydrogen-bond acceptors (Lipinski definition) is 2. The Balaban J connectivity index is 1.37. The van der Waals surface area contributed by atoms with Crippen LogP contribution in [0.1, 0.15) is 78.1 Å². The summed E-state index contributed by atoms with van der Waals surface area (Å²) < 4.78 is 39.0. The number of unbranched alkanes of at least 4 members (excludes halogenated alkanes) is 1. The lowest BCUT2D eigenvalue weighted by Crippen LogP contribution is -2.27. The van der Waals surface area contributed by atoms with Gasteiger partial charge in [-0.25, -0.2) is 0 Å². The van der Waals surface area contributed by atoms with Gasteiger partial charge >= 0.3 is 0 Å². The fourth-order valence-electron chi connectivity index (χ4n) is 5.38. The maximum atomic E-state index is 14.2. The van der Waals surface area contributed by atoms with Crippen LogP contribution in [0.2, 0.25) is 0 Å². The van der Waals surface area contributed by atoms with E-state index in [-0.39, 0.29) is 11.5 Å². The lowest BCUT2D eigenvalue weighted by molar-refractivity contribution is 0.127. The van der Waals surface area contributed by atoms with E-state index in [2.05, 4.69) is 31.2 Å². The molecular weight excluding hydrogens is 406 g/mol. The number of ether oxygens (including phenoxy) is 2. The van der Waals surface area contributed by atoms with E-state index in [0.29, 0.717) is 19.1 Å². The van der Waals surface area contributed by atoms with E-state index in [9.17, 15) is 8.78 Å². The molecule has 0 atom stereocenters. The third kappa shape index (κ3) is 7.08. The first kappa shape index (κ1) is 24.8. The molecule has 3 rings (SSSR count). The SMILES string of the molecule is CC=CCCC=CC1CCC(C2CCC(COc3ccc(OCC)c(F)c3F)CC2)CC1. The highest BCUT2D eigenvalue weighted by Gasteiger charge is 2.30. The highest BCUT2D eigenvalue weighted by Crippen LogP contribution is 2.42. The van der Waals surface area contributed by atoms with Gasteiger partial charge in [0.05, 0.1) is 13.2 Å². The van der Waals surface area contributed by atoms with Gasteiger partial charge in [-0.05, 0) is 114 Å². The summed E-state index contributed by atoms with van der Waals surface area (Å²) in [5, 5.41) is 0. The van der Waals surface area contributed by atoms with E-state index in [4.69, 9.17) is 9.47 Å². The topological polar surface area (TPSA) is 18.5 Å². The minimum atomic E-state index is -0.962. The van der Waals surface area contributed by atoms with Crippen LogP contribution in [-0.2, 0) is 0 Å². The van der Waals surface area contributed by atoms with Crippen LogP contribution in [0.3, 0.4) is 0 Å². The largest absolute Gasteiger partial charge is 0.491 e. The Labute approximate surface area is 193 Å². The normalized spacial score (nSPS) is 26.6. The van der Waals surface area contributed by atoms with Crippen molar-refractivity contribution in [1.29, 1.82) is 0 Å². The maximum absolute atomic E-state index is 14.2. The zero-order valence-electron chi connectivity index (χ0n) is 19.8. The van der Waals surface area contributed by atoms with Gasteiger partial charge in [0, 0.05) is 0 Å². The molecule has 2 saturated carbocycles. The van der Waals surface area contributed by atoms with Crippen molar-refractivity contribution in [3.05, 3.63) is 48.1 Å². The van der Waals surface area contributed by atoms with Crippen LogP contribution in [0.4, 0.5) is 8.78 Å². The highest BCUT2D eigenvalue weighted by molar-refractivity contribution is 5.35. The van der Waals surface area contributed by atoms with Gasteiger partial charge < -0.3 is 9.47 Å². The molecule has 2 aliphatic carbocycles. The van der Waals surface area contributed by atoms with Crippen molar-refractivity contribution in [3.63, 3.8) is 0 Å². The summed E-state index contributed by atoms with van der Waals surface area (Å²) >= 11 is 0. The van der Waals surface area contributed by atoms with E-state index in [1.165, 1.54) is 50.7 Å². The quantitative estimate of drug-likeness (QED) is 0.266. The molecule has 0 heterocycles. The molecule has 1 aromatic rings. The molecule has 0 bridgehead atoms. The van der Waals surface area contributed by atoms with E-state index >= 15 is 0 Å². The standard InChI is InChI=1S/C28H40F2O2/c1-3-5-6-7-8-9-21-10-14-23(15-11-21)24-16-12-22(13-17-24)20-32-26-19-18-25(31-4-2)27(29)28(26)30/h3,5,8-9,18-19,21-24H,4,6-7,10-17,20H2,1-2H3. The summed E-state index contributed by atoms with van der Waals surface area (Å²) in [4.78, 5) is 0. The molecule has 0 radical (unpaired) electrons. The Morgan fingerprint density at radius 1 is 0.812 bits per heavy atom. The molecule has 2 aliphatic rings. The molecule has 0 unspecified atom stereocenters. The van der Waals surface area contributed by atoms with Gasteiger partial charge in [-0.1, -0.05) is 24.3 Å². The van der Waals surface area contributed by atoms with Crippen LogP contribution < -0.4 is 9.47 Å². The lowest BCUT2D eigenvalue weighted by atomic mass is 9.69. The molecule has 32 heavy (non-hydrogen) atoms. The van der Waals surface area contributed by atoms with Gasteiger partial charge in [0.15, 0.2) is 11.5 Å². The van der Waals surface area contributed by atoms with Crippen molar-refractivity contribution in [2.24, 2.45) is 23.7 Å². The van der Waals surface area contributed by atoms with Crippen LogP contribution in [0.15, 0.2) is 36.4 Å². The molecule has 4 heteroatoms. The smallest absolute Gasteiger partial charge is 0.204 e. The molecule has 0 amide bonds. The van der Waals surface area contributed by atoms with Crippen LogP contribution >= 0.6 is 0 Å². The minimum absolute atomic E-state index is 0.00910. The number of allylic oxidation sites excluding steroid dienone is 4. The molecule has 0 aromatic heterocycles. The average molecular weight is 447 g/mol. The summed E-state index contributed by atoms with van der Waals surface area (Å²) in [5.41, 5.74) is 0. The fourth-order valence-corrected chi connectivity index (χ4v) is 5.38. The zero-order chi connectivity index (χ0) is 22.8. The Hall–Kier alpha value is -1.84. The Morgan fingerprint density at radius 3 is 1.97 bits per heavy atom. The first-order chi connectivity index (χ1) is 15.6. The van der Waals surface area contributed by atoms with Crippen LogP contribution in [0, 0.1) is 35.3 Å². The van der Waals surface area contributed by atoms with E-state index in [0.717, 1.165) is 43.4 Å². The molecule has 0 N–H and O–H groups in total. The average Bonchev–Trinajstić information content (AvgIpc) is 2.82. The van der Waals surface area contributed by atoms with Gasteiger partial charge in [-0.3, -0.25) is 0 Å². The van der Waals surface area contributed by atoms with Crippen molar-refractivity contribution >= 4 is 0 Å². The molecule has 0 spiro atoms. The first-order valence-electron chi connectivity index (χ1n) is 12.6. The predicted molar refractivity (Wildman–Crippen MR) is 127 cm³/mol. The molecule has 0 saturated heterocycles. The number of hydrogen-bond donors (Lipinski definition) is 0. The number of rotatable bonds is 10. The minimum Gasteiger partial charge on any atom is -0.491 e. The third-order valence-electron chi connectivity index (χ3n) is 7.30. The molecular formula is C28H40F2O2. The second-order valence-electron chi connectivity index (χ2n) is 9.46. The van der Waals surface area contributed by atoms with Gasteiger partial charge in [-0.2, -0.15) is 8.78 Å². The van der Waals surface area contributed by atoms with Gasteiger partial charge in [-0.15, -0.1) is 0 Å². The van der Waals surface area contributed by atoms with E-state index < -0.39 is 11.6 Å². The van der Waals surface area contributed by atoms with Gasteiger partial charge in [0.2, 0.25) is 11.6 Å². The summed E-state index contributed by atoms with van der Waals surface area (Å²) in [6.07, 6.45) is 21.6. The highest BCUT2D eigenvalue weighted by atomic mass is 19.2. The molecule has 1 aromatic carbocycles. The molecule has 2 nitrogen and oxygen atoms in total. The zero-order valence-corrected chi connectivity index (χ0v) is 19.8. The first-order valence-corrected chi connectivity index (χ1v) is 12.6. The van der Waals surface area contributed by atoms with Crippen LogP contribution in [-0.4, -0.2) is 13.2 Å². The van der Waals surface area contributed by atoms with Crippen LogP contribution in [0.25, 0.3) is 0 Å². The van der Waals surface area contributed by atoms with Gasteiger partial charge in [0.25, 0.3) is 0 Å². The lowest BCUT2D eigenvalue weighted by Gasteiger charge is -2.37. The Morgan fingerprint density at radius 2 is 1.38 bits per heavy atom. The second kappa shape index (κ2) is 13.0. The fraction of sp³-hybridized carbons (Fsp3) is 0.643. The van der Waals surface area contributed by atoms with Crippen LogP contribution in [0.5, 0.6) is 11.5 Å². The number of halogens is 2. The van der Waals surface area contributed by atoms with Gasteiger partial charge in [0.1, 0.15) is 0 Å². The Kier molecular flexibility index (Phi) is 10.1. The summed E-state index contributed by atoms with van der Waals surface area (Å²) in [7, 11) is 0. The summed E-state index contributed by atoms with van der Waals surface area (Å²) in [6.45, 7) is 4.58.